The highest BCUT2D eigenvalue weighted by Crippen LogP contribution is 2.35. The Balaban J connectivity index is 1.63. The Morgan fingerprint density at radius 3 is 3.00 bits per heavy atom. The first-order valence-electron chi connectivity index (χ1n) is 7.73. The number of aromatic nitrogens is 1. The van der Waals surface area contributed by atoms with Gasteiger partial charge in [0.25, 0.3) is 0 Å². The molecule has 0 amide bonds. The van der Waals surface area contributed by atoms with Gasteiger partial charge in [-0.05, 0) is 26.0 Å². The lowest BCUT2D eigenvalue weighted by Gasteiger charge is -2.38. The summed E-state index contributed by atoms with van der Waals surface area (Å²) in [5.41, 5.74) is 2.64. The van der Waals surface area contributed by atoms with Gasteiger partial charge >= 0.3 is 5.97 Å². The van der Waals surface area contributed by atoms with E-state index in [1.54, 1.807) is 17.4 Å². The Morgan fingerprint density at radius 2 is 2.26 bits per heavy atom. The molecule has 0 atom stereocenters. The van der Waals surface area contributed by atoms with Crippen LogP contribution in [0.5, 0.6) is 5.75 Å². The Labute approximate surface area is 139 Å². The van der Waals surface area contributed by atoms with Crippen molar-refractivity contribution in [3.63, 3.8) is 0 Å². The fraction of sp³-hybridized carbons (Fsp3) is 0.412. The smallest absolute Gasteiger partial charge is 0.306 e. The molecule has 1 N–H and O–H groups in total. The predicted octanol–water partition coefficient (Wildman–Crippen LogP) is 3.21. The second-order valence-corrected chi connectivity index (χ2v) is 6.65. The number of carbonyl (C=O) groups excluding carboxylic acids is 1. The average molecular weight is 332 g/mol. The molecule has 2 heterocycles. The maximum atomic E-state index is 11.5. The number of anilines is 1. The number of benzene rings is 1. The number of hydrogen-bond donors (Lipinski definition) is 1. The zero-order valence-corrected chi connectivity index (χ0v) is 14.1. The second-order valence-electron chi connectivity index (χ2n) is 5.82. The molecule has 0 radical (unpaired) electrons. The molecule has 0 saturated carbocycles. The summed E-state index contributed by atoms with van der Waals surface area (Å²) in [7, 11) is 0. The maximum absolute atomic E-state index is 11.5. The number of hydrogen-bond acceptors (Lipinski definition) is 6. The van der Waals surface area contributed by atoms with Gasteiger partial charge in [0, 0.05) is 30.0 Å². The Bertz CT molecular complexity index is 708. The van der Waals surface area contributed by atoms with Crippen LogP contribution in [0.3, 0.4) is 0 Å². The molecule has 0 unspecified atom stereocenters. The van der Waals surface area contributed by atoms with Crippen LogP contribution in [0.25, 0.3) is 11.3 Å². The van der Waals surface area contributed by atoms with Gasteiger partial charge in [-0.2, -0.15) is 0 Å². The molecule has 1 aliphatic rings. The van der Waals surface area contributed by atoms with Crippen LogP contribution in [0.15, 0.2) is 23.6 Å². The summed E-state index contributed by atoms with van der Waals surface area (Å²) in [6.45, 7) is 5.90. The number of thiazole rings is 1. The number of nitrogens with zero attached hydrogens (tertiary/aromatic N) is 2. The molecule has 122 valence electrons. The summed E-state index contributed by atoms with van der Waals surface area (Å²) in [4.78, 5) is 18.2. The lowest BCUT2D eigenvalue weighted by molar-refractivity contribution is -0.144. The summed E-state index contributed by atoms with van der Waals surface area (Å²) in [6.07, 6.45) is 0.473. The lowest BCUT2D eigenvalue weighted by Crippen LogP contribution is -2.47. The van der Waals surface area contributed by atoms with Crippen LogP contribution >= 0.6 is 11.3 Å². The number of aryl methyl sites for hydroxylation is 1. The summed E-state index contributed by atoms with van der Waals surface area (Å²) in [5, 5.41) is 12.9. The molecule has 0 aliphatic carbocycles. The van der Waals surface area contributed by atoms with Gasteiger partial charge in [-0.1, -0.05) is 11.6 Å². The Kier molecular flexibility index (Phi) is 4.52. The molecule has 1 aliphatic heterocycles. The quantitative estimate of drug-likeness (QED) is 0.852. The first-order chi connectivity index (χ1) is 11.1. The highest BCUT2D eigenvalue weighted by atomic mass is 32.1. The molecule has 1 fully saturated rings. The van der Waals surface area contributed by atoms with E-state index in [-0.39, 0.29) is 11.7 Å². The topological polar surface area (TPSA) is 62.7 Å². The van der Waals surface area contributed by atoms with Crippen LogP contribution in [-0.2, 0) is 9.53 Å². The molecule has 5 nitrogen and oxygen atoms in total. The summed E-state index contributed by atoms with van der Waals surface area (Å²) >= 11 is 1.56. The van der Waals surface area contributed by atoms with E-state index < -0.39 is 0 Å². The van der Waals surface area contributed by atoms with E-state index in [0.29, 0.717) is 18.9 Å². The van der Waals surface area contributed by atoms with E-state index in [1.165, 1.54) is 0 Å². The van der Waals surface area contributed by atoms with E-state index in [9.17, 15) is 9.90 Å². The minimum Gasteiger partial charge on any atom is -0.507 e. The normalized spacial score (nSPS) is 14.6. The van der Waals surface area contributed by atoms with E-state index in [2.05, 4.69) is 9.88 Å². The third-order valence-electron chi connectivity index (χ3n) is 3.91. The van der Waals surface area contributed by atoms with Crippen molar-refractivity contribution in [2.45, 2.75) is 20.3 Å². The van der Waals surface area contributed by atoms with Crippen LogP contribution in [0.1, 0.15) is 18.9 Å². The molecular weight excluding hydrogens is 312 g/mol. The standard InChI is InChI=1S/C17H20N2O3S/c1-3-22-16(21)7-12-8-19(9-12)17-18-14(10-23-17)13-6-11(2)4-5-15(13)20/h4-6,10,12,20H,3,7-9H2,1-2H3. The van der Waals surface area contributed by atoms with Crippen molar-refractivity contribution < 1.29 is 14.6 Å². The number of carbonyl (C=O) groups is 1. The van der Waals surface area contributed by atoms with Crippen molar-refractivity contribution in [1.29, 1.82) is 0 Å². The molecule has 1 aromatic carbocycles. The summed E-state index contributed by atoms with van der Waals surface area (Å²) in [5.74, 6) is 0.465. The third kappa shape index (κ3) is 3.47. The number of phenols is 1. The number of phenolic OH excluding ortho intramolecular Hbond substituents is 1. The molecular formula is C17H20N2O3S. The molecule has 1 aromatic heterocycles. The van der Waals surface area contributed by atoms with Gasteiger partial charge < -0.3 is 14.7 Å². The predicted molar refractivity (Wildman–Crippen MR) is 90.9 cm³/mol. The van der Waals surface area contributed by atoms with Gasteiger partial charge in [0.15, 0.2) is 5.13 Å². The van der Waals surface area contributed by atoms with Crippen LogP contribution in [0.2, 0.25) is 0 Å². The van der Waals surface area contributed by atoms with Crippen molar-refractivity contribution >= 4 is 22.4 Å². The van der Waals surface area contributed by atoms with E-state index >= 15 is 0 Å². The van der Waals surface area contributed by atoms with E-state index in [4.69, 9.17) is 4.74 Å². The maximum Gasteiger partial charge on any atom is 0.306 e. The van der Waals surface area contributed by atoms with Crippen molar-refractivity contribution in [1.82, 2.24) is 4.98 Å². The minimum absolute atomic E-state index is 0.123. The van der Waals surface area contributed by atoms with Gasteiger partial charge in [-0.3, -0.25) is 4.79 Å². The monoisotopic (exact) mass is 332 g/mol. The van der Waals surface area contributed by atoms with Crippen LogP contribution in [0.4, 0.5) is 5.13 Å². The molecule has 23 heavy (non-hydrogen) atoms. The minimum atomic E-state index is -0.123. The van der Waals surface area contributed by atoms with Crippen LogP contribution in [-0.4, -0.2) is 35.8 Å². The number of ether oxygens (including phenoxy) is 1. The average Bonchev–Trinajstić information content (AvgIpc) is 2.94. The number of aromatic hydroxyl groups is 1. The van der Waals surface area contributed by atoms with Gasteiger partial charge in [0.2, 0.25) is 0 Å². The summed E-state index contributed by atoms with van der Waals surface area (Å²) < 4.78 is 4.98. The van der Waals surface area contributed by atoms with Crippen molar-refractivity contribution in [2.24, 2.45) is 5.92 Å². The van der Waals surface area contributed by atoms with Gasteiger partial charge in [0.05, 0.1) is 18.7 Å². The highest BCUT2D eigenvalue weighted by Gasteiger charge is 2.31. The van der Waals surface area contributed by atoms with Crippen molar-refractivity contribution in [2.75, 3.05) is 24.6 Å². The molecule has 6 heteroatoms. The molecule has 1 saturated heterocycles. The number of esters is 1. The zero-order valence-electron chi connectivity index (χ0n) is 13.3. The first kappa shape index (κ1) is 15.8. The molecule has 3 rings (SSSR count). The van der Waals surface area contributed by atoms with Crippen molar-refractivity contribution in [3.8, 4) is 17.0 Å². The SMILES string of the molecule is CCOC(=O)CC1CN(c2nc(-c3cc(C)ccc3O)cs2)C1. The van der Waals surface area contributed by atoms with Gasteiger partial charge in [-0.25, -0.2) is 4.98 Å². The lowest BCUT2D eigenvalue weighted by atomic mass is 9.97. The van der Waals surface area contributed by atoms with Crippen LogP contribution in [0, 0.1) is 12.8 Å². The fourth-order valence-corrected chi connectivity index (χ4v) is 3.54. The van der Waals surface area contributed by atoms with Gasteiger partial charge in [-0.15, -0.1) is 11.3 Å². The van der Waals surface area contributed by atoms with Gasteiger partial charge in [0.1, 0.15) is 5.75 Å². The van der Waals surface area contributed by atoms with Crippen molar-refractivity contribution in [3.05, 3.63) is 29.1 Å². The van der Waals surface area contributed by atoms with Crippen LogP contribution < -0.4 is 4.90 Å². The highest BCUT2D eigenvalue weighted by molar-refractivity contribution is 7.14. The van der Waals surface area contributed by atoms with E-state index in [0.717, 1.165) is 35.0 Å². The number of rotatable bonds is 5. The fourth-order valence-electron chi connectivity index (χ4n) is 2.70. The Hall–Kier alpha value is -2.08. The molecule has 0 bridgehead atoms. The first-order valence-corrected chi connectivity index (χ1v) is 8.61. The van der Waals surface area contributed by atoms with E-state index in [1.807, 2.05) is 31.4 Å². The summed E-state index contributed by atoms with van der Waals surface area (Å²) in [6, 6.07) is 5.51. The third-order valence-corrected chi connectivity index (χ3v) is 4.81. The Morgan fingerprint density at radius 1 is 1.48 bits per heavy atom. The second kappa shape index (κ2) is 6.58. The largest absolute Gasteiger partial charge is 0.507 e. The molecule has 0 spiro atoms. The zero-order chi connectivity index (χ0) is 16.4. The molecule has 2 aromatic rings.